The van der Waals surface area contributed by atoms with Crippen LogP contribution in [0.1, 0.15) is 45.7 Å². The maximum atomic E-state index is 5.96. The molecule has 0 aromatic heterocycles. The molecule has 1 N–H and O–H groups in total. The Bertz CT molecular complexity index is 391. The third-order valence-corrected chi connectivity index (χ3v) is 3.03. The summed E-state index contributed by atoms with van der Waals surface area (Å²) >= 11 is 0. The Morgan fingerprint density at radius 2 is 1.89 bits per heavy atom. The number of ether oxygens (including phenoxy) is 1. The summed E-state index contributed by atoms with van der Waals surface area (Å²) in [4.78, 5) is 0. The average Bonchev–Trinajstić information content (AvgIpc) is 2.26. The van der Waals surface area contributed by atoms with Crippen LogP contribution >= 0.6 is 0 Å². The molecule has 1 aromatic carbocycles. The summed E-state index contributed by atoms with van der Waals surface area (Å²) < 4.78 is 5.96. The number of hydrogen-bond donors (Lipinski definition) is 1. The topological polar surface area (TPSA) is 21.3 Å². The van der Waals surface area contributed by atoms with E-state index in [1.54, 1.807) is 0 Å². The van der Waals surface area contributed by atoms with Gasteiger partial charge in [-0.1, -0.05) is 46.8 Å². The Labute approximate surface area is 118 Å². The summed E-state index contributed by atoms with van der Waals surface area (Å²) in [6.07, 6.45) is 0. The van der Waals surface area contributed by atoms with Crippen molar-refractivity contribution < 1.29 is 4.74 Å². The zero-order chi connectivity index (χ0) is 14.5. The number of hydrogen-bond acceptors (Lipinski definition) is 2. The van der Waals surface area contributed by atoms with Gasteiger partial charge in [-0.15, -0.1) is 0 Å². The highest BCUT2D eigenvalue weighted by Gasteiger charge is 2.18. The van der Waals surface area contributed by atoms with Crippen LogP contribution in [0, 0.1) is 12.8 Å². The molecule has 0 aliphatic heterocycles. The second-order valence-corrected chi connectivity index (χ2v) is 6.70. The van der Waals surface area contributed by atoms with E-state index >= 15 is 0 Å². The first-order valence-electron chi connectivity index (χ1n) is 7.25. The lowest BCUT2D eigenvalue weighted by Crippen LogP contribution is -2.25. The van der Waals surface area contributed by atoms with Gasteiger partial charge in [-0.05, 0) is 42.0 Å². The van der Waals surface area contributed by atoms with Gasteiger partial charge in [-0.3, -0.25) is 0 Å². The highest BCUT2D eigenvalue weighted by atomic mass is 16.5. The molecule has 19 heavy (non-hydrogen) atoms. The van der Waals surface area contributed by atoms with Crippen molar-refractivity contribution in [3.63, 3.8) is 0 Å². The first-order valence-corrected chi connectivity index (χ1v) is 7.25. The molecule has 1 aromatic rings. The molecule has 2 nitrogen and oxygen atoms in total. The molecular formula is C17H29NO. The normalized spacial score (nSPS) is 11.9. The Kier molecular flexibility index (Phi) is 5.86. The highest BCUT2D eigenvalue weighted by Crippen LogP contribution is 2.31. The first kappa shape index (κ1) is 16.0. The van der Waals surface area contributed by atoms with E-state index in [0.717, 1.165) is 25.4 Å². The number of rotatable bonds is 6. The number of aryl methyl sites for hydroxylation is 1. The molecule has 0 saturated carbocycles. The van der Waals surface area contributed by atoms with Gasteiger partial charge in [0, 0.05) is 6.54 Å². The van der Waals surface area contributed by atoms with Crippen LogP contribution in [0.2, 0.25) is 0 Å². The molecule has 0 amide bonds. The van der Waals surface area contributed by atoms with Crippen LogP contribution in [0.3, 0.4) is 0 Å². The van der Waals surface area contributed by atoms with Crippen molar-refractivity contribution in [2.45, 2.75) is 47.0 Å². The van der Waals surface area contributed by atoms with Crippen molar-refractivity contribution in [2.24, 2.45) is 5.92 Å². The molecule has 0 aliphatic rings. The lowest BCUT2D eigenvalue weighted by molar-refractivity contribution is 0.303. The van der Waals surface area contributed by atoms with E-state index in [9.17, 15) is 0 Å². The van der Waals surface area contributed by atoms with Crippen molar-refractivity contribution in [2.75, 3.05) is 19.7 Å². The van der Waals surface area contributed by atoms with Crippen molar-refractivity contribution in [1.29, 1.82) is 0 Å². The van der Waals surface area contributed by atoms with Gasteiger partial charge in [0.15, 0.2) is 0 Å². The zero-order valence-corrected chi connectivity index (χ0v) is 13.3. The lowest BCUT2D eigenvalue weighted by Gasteiger charge is -2.23. The largest absolute Gasteiger partial charge is 0.492 e. The first-order chi connectivity index (χ1) is 8.80. The Balaban J connectivity index is 2.59. The molecule has 1 rings (SSSR count). The molecule has 0 saturated heterocycles. The second-order valence-electron chi connectivity index (χ2n) is 6.70. The molecular weight excluding hydrogens is 234 g/mol. The number of benzene rings is 1. The Hall–Kier alpha value is -1.02. The van der Waals surface area contributed by atoms with Gasteiger partial charge in [0.25, 0.3) is 0 Å². The van der Waals surface area contributed by atoms with Gasteiger partial charge >= 0.3 is 0 Å². The predicted molar refractivity (Wildman–Crippen MR) is 83.1 cm³/mol. The molecule has 0 aliphatic carbocycles. The monoisotopic (exact) mass is 263 g/mol. The summed E-state index contributed by atoms with van der Waals surface area (Å²) in [7, 11) is 0. The van der Waals surface area contributed by atoms with Crippen molar-refractivity contribution >= 4 is 0 Å². The molecule has 0 atom stereocenters. The van der Waals surface area contributed by atoms with E-state index in [4.69, 9.17) is 4.74 Å². The van der Waals surface area contributed by atoms with Crippen molar-refractivity contribution in [3.05, 3.63) is 29.3 Å². The molecule has 0 heterocycles. The van der Waals surface area contributed by atoms with Gasteiger partial charge in [0.05, 0.1) is 0 Å². The summed E-state index contributed by atoms with van der Waals surface area (Å²) in [5.41, 5.74) is 2.65. The van der Waals surface area contributed by atoms with Crippen LogP contribution in [0.4, 0.5) is 0 Å². The maximum absolute atomic E-state index is 5.96. The summed E-state index contributed by atoms with van der Waals surface area (Å²) in [6.45, 7) is 15.9. The van der Waals surface area contributed by atoms with Crippen LogP contribution in [0.5, 0.6) is 5.75 Å². The Morgan fingerprint density at radius 1 is 1.21 bits per heavy atom. The summed E-state index contributed by atoms with van der Waals surface area (Å²) in [6, 6.07) is 6.49. The minimum Gasteiger partial charge on any atom is -0.492 e. The Morgan fingerprint density at radius 3 is 2.47 bits per heavy atom. The smallest absolute Gasteiger partial charge is 0.123 e. The van der Waals surface area contributed by atoms with E-state index in [-0.39, 0.29) is 5.41 Å². The molecule has 2 heteroatoms. The van der Waals surface area contributed by atoms with Gasteiger partial charge in [-0.25, -0.2) is 0 Å². The molecule has 0 bridgehead atoms. The van der Waals surface area contributed by atoms with Crippen LogP contribution in [0.25, 0.3) is 0 Å². The van der Waals surface area contributed by atoms with Gasteiger partial charge in [0.2, 0.25) is 0 Å². The van der Waals surface area contributed by atoms with E-state index in [1.165, 1.54) is 11.1 Å². The summed E-state index contributed by atoms with van der Waals surface area (Å²) in [5.74, 6) is 1.71. The van der Waals surface area contributed by atoms with Crippen LogP contribution in [-0.2, 0) is 5.41 Å². The minimum atomic E-state index is 0.119. The van der Waals surface area contributed by atoms with Gasteiger partial charge < -0.3 is 10.1 Å². The predicted octanol–water partition coefficient (Wildman–Crippen LogP) is 3.92. The minimum absolute atomic E-state index is 0.119. The standard InChI is InChI=1S/C17H29NO/c1-13(2)12-18-9-10-19-16-11-14(3)7-8-15(16)17(4,5)6/h7-8,11,13,18H,9-10,12H2,1-6H3. The SMILES string of the molecule is Cc1ccc(C(C)(C)C)c(OCCNCC(C)C)c1. The maximum Gasteiger partial charge on any atom is 0.123 e. The van der Waals surface area contributed by atoms with Crippen LogP contribution in [0.15, 0.2) is 18.2 Å². The molecule has 0 unspecified atom stereocenters. The third kappa shape index (κ3) is 5.65. The zero-order valence-electron chi connectivity index (χ0n) is 13.3. The quantitative estimate of drug-likeness (QED) is 0.786. The van der Waals surface area contributed by atoms with Crippen molar-refractivity contribution in [3.8, 4) is 5.75 Å². The van der Waals surface area contributed by atoms with Gasteiger partial charge in [-0.2, -0.15) is 0 Å². The fourth-order valence-corrected chi connectivity index (χ4v) is 1.99. The molecule has 0 spiro atoms. The van der Waals surface area contributed by atoms with Gasteiger partial charge in [0.1, 0.15) is 12.4 Å². The lowest BCUT2D eigenvalue weighted by atomic mass is 9.86. The second kappa shape index (κ2) is 6.95. The average molecular weight is 263 g/mol. The number of nitrogens with one attached hydrogen (secondary N) is 1. The van der Waals surface area contributed by atoms with E-state index < -0.39 is 0 Å². The highest BCUT2D eigenvalue weighted by molar-refractivity contribution is 5.41. The van der Waals surface area contributed by atoms with E-state index in [1.807, 2.05) is 0 Å². The third-order valence-electron chi connectivity index (χ3n) is 3.03. The van der Waals surface area contributed by atoms with Crippen LogP contribution < -0.4 is 10.1 Å². The molecule has 0 radical (unpaired) electrons. The van der Waals surface area contributed by atoms with E-state index in [0.29, 0.717) is 5.92 Å². The fourth-order valence-electron chi connectivity index (χ4n) is 1.99. The van der Waals surface area contributed by atoms with E-state index in [2.05, 4.69) is 65.1 Å². The fraction of sp³-hybridized carbons (Fsp3) is 0.647. The summed E-state index contributed by atoms with van der Waals surface area (Å²) in [5, 5.41) is 3.40. The van der Waals surface area contributed by atoms with Crippen LogP contribution in [-0.4, -0.2) is 19.7 Å². The molecule has 108 valence electrons. The molecule has 0 fully saturated rings. The van der Waals surface area contributed by atoms with Crippen molar-refractivity contribution in [1.82, 2.24) is 5.32 Å².